The molecule has 0 aliphatic carbocycles. The molecule has 20 heavy (non-hydrogen) atoms. The van der Waals surface area contributed by atoms with Gasteiger partial charge in [-0.3, -0.25) is 0 Å². The lowest BCUT2D eigenvalue weighted by molar-refractivity contribution is 0.312. The quantitative estimate of drug-likeness (QED) is 0.766. The smallest absolute Gasteiger partial charge is 0.260 e. The van der Waals surface area contributed by atoms with Gasteiger partial charge in [0.1, 0.15) is 5.75 Å². The second-order valence-electron chi connectivity index (χ2n) is 4.01. The van der Waals surface area contributed by atoms with Crippen LogP contribution in [0.4, 0.5) is 5.95 Å². The van der Waals surface area contributed by atoms with Gasteiger partial charge in [-0.2, -0.15) is 0 Å². The number of ether oxygens (including phenoxy) is 1. The molecule has 2 aromatic rings. The molecule has 0 amide bonds. The van der Waals surface area contributed by atoms with Crippen molar-refractivity contribution in [2.75, 3.05) is 17.8 Å². The highest BCUT2D eigenvalue weighted by atomic mass is 79.9. The summed E-state index contributed by atoms with van der Waals surface area (Å²) in [5, 5.41) is 10.8. The number of nitrogens with zero attached hydrogens (tertiary/aromatic N) is 4. The predicted octanol–water partition coefficient (Wildman–Crippen LogP) is 2.31. The summed E-state index contributed by atoms with van der Waals surface area (Å²) in [6, 6.07) is 3.92. The van der Waals surface area contributed by atoms with E-state index in [1.165, 1.54) is 4.79 Å². The molecule has 1 aromatic carbocycles. The first kappa shape index (κ1) is 15.0. The van der Waals surface area contributed by atoms with Gasteiger partial charge in [-0.15, -0.1) is 4.79 Å². The molecule has 2 rings (SSSR count). The van der Waals surface area contributed by atoms with Crippen LogP contribution in [0.25, 0.3) is 0 Å². The first-order chi connectivity index (χ1) is 9.61. The lowest BCUT2D eigenvalue weighted by Gasteiger charge is -2.14. The molecule has 0 atom stereocenters. The lowest BCUT2D eigenvalue weighted by atomic mass is 10.2. The Morgan fingerprint density at radius 2 is 2.20 bits per heavy atom. The van der Waals surface area contributed by atoms with Gasteiger partial charge >= 0.3 is 0 Å². The topological polar surface area (TPSA) is 90.9 Å². The Hall–Kier alpha value is -1.35. The Bertz CT molecular complexity index is 588. The van der Waals surface area contributed by atoms with Crippen molar-refractivity contribution in [3.8, 4) is 5.75 Å². The predicted molar refractivity (Wildman–Crippen MR) is 82.9 cm³/mol. The number of benzene rings is 1. The monoisotopic (exact) mass is 404 g/mol. The molecule has 0 unspecified atom stereocenters. The van der Waals surface area contributed by atoms with Crippen molar-refractivity contribution in [1.29, 1.82) is 0 Å². The Balaban J connectivity index is 2.18. The molecule has 1 aromatic heterocycles. The fourth-order valence-electron chi connectivity index (χ4n) is 1.58. The number of rotatable bonds is 6. The van der Waals surface area contributed by atoms with Crippen molar-refractivity contribution >= 4 is 37.8 Å². The SMILES string of the molecule is CCCOc1c(Br)cc(Br)cc1CNn1nnnc1N. The van der Waals surface area contributed by atoms with Gasteiger partial charge in [0.2, 0.25) is 0 Å². The molecule has 0 radical (unpaired) electrons. The van der Waals surface area contributed by atoms with Crippen LogP contribution in [0, 0.1) is 0 Å². The van der Waals surface area contributed by atoms with E-state index in [2.05, 4.69) is 59.7 Å². The molecule has 9 heteroatoms. The summed E-state index contributed by atoms with van der Waals surface area (Å²) in [6.07, 6.45) is 0.940. The molecular formula is C11H14Br2N6O. The summed E-state index contributed by atoms with van der Waals surface area (Å²) in [4.78, 5) is 1.32. The maximum absolute atomic E-state index is 5.77. The Labute approximate surface area is 133 Å². The van der Waals surface area contributed by atoms with Crippen LogP contribution < -0.4 is 15.9 Å². The van der Waals surface area contributed by atoms with E-state index >= 15 is 0 Å². The molecule has 0 aliphatic heterocycles. The summed E-state index contributed by atoms with van der Waals surface area (Å²) in [5.74, 6) is 1.00. The van der Waals surface area contributed by atoms with Gasteiger partial charge in [-0.1, -0.05) is 28.0 Å². The number of tetrazole rings is 1. The van der Waals surface area contributed by atoms with Crippen LogP contribution in [0.15, 0.2) is 21.1 Å². The van der Waals surface area contributed by atoms with Gasteiger partial charge < -0.3 is 15.9 Å². The zero-order valence-corrected chi connectivity index (χ0v) is 14.0. The van der Waals surface area contributed by atoms with Gasteiger partial charge in [0.25, 0.3) is 5.95 Å². The molecule has 0 aliphatic rings. The summed E-state index contributed by atoms with van der Waals surface area (Å²) < 4.78 is 7.62. The zero-order valence-electron chi connectivity index (χ0n) is 10.8. The normalized spacial score (nSPS) is 10.6. The van der Waals surface area contributed by atoms with Crippen LogP contribution in [0.5, 0.6) is 5.75 Å². The van der Waals surface area contributed by atoms with Crippen LogP contribution in [0.1, 0.15) is 18.9 Å². The highest BCUT2D eigenvalue weighted by Crippen LogP contribution is 2.33. The molecule has 0 spiro atoms. The number of aromatic nitrogens is 4. The van der Waals surface area contributed by atoms with E-state index in [0.717, 1.165) is 26.7 Å². The van der Waals surface area contributed by atoms with Crippen LogP contribution in [-0.4, -0.2) is 26.9 Å². The Morgan fingerprint density at radius 3 is 2.85 bits per heavy atom. The summed E-state index contributed by atoms with van der Waals surface area (Å²) in [6.45, 7) is 3.19. The number of halogens is 2. The standard InChI is InChI=1S/C11H14Br2N6O/c1-2-3-20-10-7(4-8(12)5-9(10)13)6-15-19-11(14)16-17-18-19/h4-5,15H,2-3,6H2,1H3,(H2,14,16,18). The number of nitrogens with one attached hydrogen (secondary N) is 1. The second kappa shape index (κ2) is 6.89. The van der Waals surface area contributed by atoms with Crippen molar-refractivity contribution in [2.24, 2.45) is 0 Å². The first-order valence-electron chi connectivity index (χ1n) is 6.00. The lowest BCUT2D eigenvalue weighted by Crippen LogP contribution is -2.19. The van der Waals surface area contributed by atoms with Crippen LogP contribution in [0.2, 0.25) is 0 Å². The molecule has 7 nitrogen and oxygen atoms in total. The van der Waals surface area contributed by atoms with Crippen LogP contribution >= 0.6 is 31.9 Å². The van der Waals surface area contributed by atoms with Gasteiger partial charge in [0.15, 0.2) is 0 Å². The largest absolute Gasteiger partial charge is 0.492 e. The zero-order chi connectivity index (χ0) is 14.5. The van der Waals surface area contributed by atoms with E-state index in [-0.39, 0.29) is 5.95 Å². The van der Waals surface area contributed by atoms with Crippen molar-refractivity contribution in [1.82, 2.24) is 20.3 Å². The summed E-state index contributed by atoms with van der Waals surface area (Å²) in [5.41, 5.74) is 9.58. The molecule has 0 saturated heterocycles. The van der Waals surface area contributed by atoms with Crippen LogP contribution in [0.3, 0.4) is 0 Å². The van der Waals surface area contributed by atoms with E-state index in [1.54, 1.807) is 0 Å². The minimum Gasteiger partial charge on any atom is -0.492 e. The van der Waals surface area contributed by atoms with Crippen molar-refractivity contribution in [2.45, 2.75) is 19.9 Å². The van der Waals surface area contributed by atoms with Gasteiger partial charge in [-0.05, 0) is 44.9 Å². The van der Waals surface area contributed by atoms with E-state index in [0.29, 0.717) is 13.2 Å². The number of nitrogen functional groups attached to an aromatic ring is 1. The first-order valence-corrected chi connectivity index (χ1v) is 7.59. The maximum atomic E-state index is 5.77. The van der Waals surface area contributed by atoms with E-state index in [4.69, 9.17) is 10.5 Å². The van der Waals surface area contributed by atoms with E-state index in [1.807, 2.05) is 12.1 Å². The molecule has 0 bridgehead atoms. The molecule has 0 fully saturated rings. The number of nitrogens with two attached hydrogens (primary N) is 1. The fraction of sp³-hybridized carbons (Fsp3) is 0.364. The second-order valence-corrected chi connectivity index (χ2v) is 5.78. The maximum Gasteiger partial charge on any atom is 0.260 e. The third-order valence-corrected chi connectivity index (χ3v) is 3.50. The highest BCUT2D eigenvalue weighted by Gasteiger charge is 2.11. The molecular weight excluding hydrogens is 392 g/mol. The molecule has 3 N–H and O–H groups in total. The van der Waals surface area contributed by atoms with E-state index in [9.17, 15) is 0 Å². The van der Waals surface area contributed by atoms with Crippen molar-refractivity contribution < 1.29 is 4.74 Å². The average molecular weight is 406 g/mol. The minimum absolute atomic E-state index is 0.204. The number of hydrogen-bond donors (Lipinski definition) is 2. The van der Waals surface area contributed by atoms with Gasteiger partial charge in [-0.25, -0.2) is 0 Å². The Kier molecular flexibility index (Phi) is 5.18. The summed E-state index contributed by atoms with van der Waals surface area (Å²) >= 11 is 6.97. The molecule has 1 heterocycles. The van der Waals surface area contributed by atoms with Gasteiger partial charge in [0.05, 0.1) is 17.6 Å². The fourth-order valence-corrected chi connectivity index (χ4v) is 3.01. The third-order valence-electron chi connectivity index (χ3n) is 2.45. The van der Waals surface area contributed by atoms with E-state index < -0.39 is 0 Å². The highest BCUT2D eigenvalue weighted by molar-refractivity contribution is 9.11. The summed E-state index contributed by atoms with van der Waals surface area (Å²) in [7, 11) is 0. The average Bonchev–Trinajstić information content (AvgIpc) is 2.80. The van der Waals surface area contributed by atoms with Gasteiger partial charge in [0, 0.05) is 10.0 Å². The van der Waals surface area contributed by atoms with Crippen molar-refractivity contribution in [3.63, 3.8) is 0 Å². The number of hydrogen-bond acceptors (Lipinski definition) is 6. The minimum atomic E-state index is 0.204. The molecule has 0 saturated carbocycles. The molecule has 108 valence electrons. The Morgan fingerprint density at radius 1 is 1.40 bits per heavy atom. The van der Waals surface area contributed by atoms with Crippen LogP contribution in [-0.2, 0) is 6.54 Å². The van der Waals surface area contributed by atoms with Crippen molar-refractivity contribution in [3.05, 3.63) is 26.6 Å². The number of anilines is 1. The third kappa shape index (κ3) is 3.60.